The molecule has 0 aliphatic carbocycles. The molecule has 0 saturated carbocycles. The third-order valence-electron chi connectivity index (χ3n) is 3.68. The molecule has 0 amide bonds. The SMILES string of the molecule is Cc1cc(C)c(C)c(S(=O)(=O)NCCCCC(=O)O)c1C. The molecule has 1 rings (SSSR count). The number of unbranched alkanes of at least 4 members (excludes halogenated alkanes) is 1. The summed E-state index contributed by atoms with van der Waals surface area (Å²) in [6.45, 7) is 7.66. The van der Waals surface area contributed by atoms with Crippen molar-refractivity contribution in [1.29, 1.82) is 0 Å². The molecule has 5 nitrogen and oxygen atoms in total. The van der Waals surface area contributed by atoms with Crippen LogP contribution in [0.2, 0.25) is 0 Å². The van der Waals surface area contributed by atoms with E-state index < -0.39 is 16.0 Å². The summed E-state index contributed by atoms with van der Waals surface area (Å²) < 4.78 is 27.5. The van der Waals surface area contributed by atoms with E-state index in [1.165, 1.54) is 0 Å². The van der Waals surface area contributed by atoms with Gasteiger partial charge in [0.1, 0.15) is 0 Å². The molecule has 0 unspecified atom stereocenters. The Hall–Kier alpha value is -1.40. The highest BCUT2D eigenvalue weighted by Crippen LogP contribution is 2.25. The number of rotatable bonds is 7. The van der Waals surface area contributed by atoms with Gasteiger partial charge in [-0.2, -0.15) is 0 Å². The van der Waals surface area contributed by atoms with Gasteiger partial charge in [-0.05, 0) is 62.8 Å². The van der Waals surface area contributed by atoms with E-state index in [0.717, 1.165) is 22.3 Å². The molecular formula is C15H23NO4S. The van der Waals surface area contributed by atoms with Gasteiger partial charge in [0.2, 0.25) is 10.0 Å². The van der Waals surface area contributed by atoms with Crippen molar-refractivity contribution >= 4 is 16.0 Å². The van der Waals surface area contributed by atoms with Crippen LogP contribution in [0.1, 0.15) is 41.5 Å². The average molecular weight is 313 g/mol. The topological polar surface area (TPSA) is 83.5 Å². The van der Waals surface area contributed by atoms with Crippen molar-refractivity contribution in [3.8, 4) is 0 Å². The number of nitrogens with one attached hydrogen (secondary N) is 1. The second kappa shape index (κ2) is 7.04. The van der Waals surface area contributed by atoms with Crippen LogP contribution in [0.15, 0.2) is 11.0 Å². The van der Waals surface area contributed by atoms with Crippen molar-refractivity contribution in [2.45, 2.75) is 51.9 Å². The molecule has 0 spiro atoms. The van der Waals surface area contributed by atoms with Crippen LogP contribution < -0.4 is 4.72 Å². The van der Waals surface area contributed by atoms with Gasteiger partial charge in [0.05, 0.1) is 4.90 Å². The van der Waals surface area contributed by atoms with Crippen LogP contribution in [0, 0.1) is 27.7 Å². The van der Waals surface area contributed by atoms with Gasteiger partial charge in [-0.3, -0.25) is 4.79 Å². The fourth-order valence-electron chi connectivity index (χ4n) is 2.26. The Kier molecular flexibility index (Phi) is 5.92. The first-order chi connectivity index (χ1) is 9.66. The van der Waals surface area contributed by atoms with E-state index in [4.69, 9.17) is 5.11 Å². The lowest BCUT2D eigenvalue weighted by molar-refractivity contribution is -0.137. The predicted molar refractivity (Wildman–Crippen MR) is 82.1 cm³/mol. The number of aliphatic carboxylic acids is 1. The second-order valence-electron chi connectivity index (χ2n) is 5.34. The van der Waals surface area contributed by atoms with Crippen molar-refractivity contribution in [3.05, 3.63) is 28.3 Å². The number of carbonyl (C=O) groups is 1. The summed E-state index contributed by atoms with van der Waals surface area (Å²) in [5.41, 5.74) is 3.42. The van der Waals surface area contributed by atoms with E-state index in [1.807, 2.05) is 19.9 Å². The van der Waals surface area contributed by atoms with Gasteiger partial charge in [0.25, 0.3) is 0 Å². The van der Waals surface area contributed by atoms with Crippen molar-refractivity contribution in [1.82, 2.24) is 4.72 Å². The Morgan fingerprint density at radius 3 is 2.10 bits per heavy atom. The van der Waals surface area contributed by atoms with Crippen molar-refractivity contribution in [2.24, 2.45) is 0 Å². The minimum atomic E-state index is -3.56. The molecule has 0 aliphatic rings. The maximum atomic E-state index is 12.4. The van der Waals surface area contributed by atoms with Crippen LogP contribution in [0.3, 0.4) is 0 Å². The summed E-state index contributed by atoms with van der Waals surface area (Å²) in [6.07, 6.45) is 1.03. The zero-order valence-electron chi connectivity index (χ0n) is 13.0. The first-order valence-corrected chi connectivity index (χ1v) is 8.44. The first kappa shape index (κ1) is 17.7. The van der Waals surface area contributed by atoms with Crippen LogP contribution in [0.5, 0.6) is 0 Å². The fourth-order valence-corrected chi connectivity index (χ4v) is 3.95. The Labute approximate surface area is 126 Å². The zero-order valence-corrected chi connectivity index (χ0v) is 13.8. The lowest BCUT2D eigenvalue weighted by atomic mass is 10.0. The smallest absolute Gasteiger partial charge is 0.303 e. The highest BCUT2D eigenvalue weighted by molar-refractivity contribution is 7.89. The van der Waals surface area contributed by atoms with Gasteiger partial charge in [0.15, 0.2) is 0 Å². The molecule has 0 heterocycles. The molecule has 1 aromatic rings. The molecule has 21 heavy (non-hydrogen) atoms. The van der Waals surface area contributed by atoms with Gasteiger partial charge in [-0.25, -0.2) is 13.1 Å². The minimum absolute atomic E-state index is 0.0589. The van der Waals surface area contributed by atoms with Gasteiger partial charge >= 0.3 is 5.97 Å². The summed E-state index contributed by atoms with van der Waals surface area (Å²) >= 11 is 0. The highest BCUT2D eigenvalue weighted by atomic mass is 32.2. The Bertz CT molecular complexity index is 609. The molecular weight excluding hydrogens is 290 g/mol. The van der Waals surface area contributed by atoms with E-state index in [9.17, 15) is 13.2 Å². The van der Waals surface area contributed by atoms with Crippen LogP contribution in [0.25, 0.3) is 0 Å². The van der Waals surface area contributed by atoms with Crippen LogP contribution in [-0.4, -0.2) is 26.0 Å². The van der Waals surface area contributed by atoms with Crippen LogP contribution >= 0.6 is 0 Å². The number of benzene rings is 1. The molecule has 0 aromatic heterocycles. The molecule has 0 atom stereocenters. The summed E-state index contributed by atoms with van der Waals surface area (Å²) in [4.78, 5) is 10.8. The van der Waals surface area contributed by atoms with Gasteiger partial charge in [0, 0.05) is 13.0 Å². The summed E-state index contributed by atoms with van der Waals surface area (Å²) in [5, 5.41) is 8.55. The molecule has 0 saturated heterocycles. The number of carboxylic acids is 1. The molecule has 118 valence electrons. The lowest BCUT2D eigenvalue weighted by Crippen LogP contribution is -2.27. The lowest BCUT2D eigenvalue weighted by Gasteiger charge is -2.16. The molecule has 0 aliphatic heterocycles. The quantitative estimate of drug-likeness (QED) is 0.757. The highest BCUT2D eigenvalue weighted by Gasteiger charge is 2.21. The van der Waals surface area contributed by atoms with E-state index >= 15 is 0 Å². The van der Waals surface area contributed by atoms with Gasteiger partial charge in [-0.15, -0.1) is 0 Å². The van der Waals surface area contributed by atoms with Crippen LogP contribution in [0.4, 0.5) is 0 Å². The van der Waals surface area contributed by atoms with Gasteiger partial charge in [-0.1, -0.05) is 6.07 Å². The summed E-state index contributed by atoms with van der Waals surface area (Å²) in [7, 11) is -3.56. The minimum Gasteiger partial charge on any atom is -0.481 e. The number of aryl methyl sites for hydroxylation is 2. The Morgan fingerprint density at radius 2 is 1.62 bits per heavy atom. The molecule has 0 radical (unpaired) electrons. The number of hydrogen-bond acceptors (Lipinski definition) is 3. The summed E-state index contributed by atoms with van der Waals surface area (Å²) in [5.74, 6) is -0.862. The Morgan fingerprint density at radius 1 is 1.10 bits per heavy atom. The average Bonchev–Trinajstić information content (AvgIpc) is 2.35. The molecule has 6 heteroatoms. The molecule has 0 bridgehead atoms. The summed E-state index contributed by atoms with van der Waals surface area (Å²) in [6, 6.07) is 1.98. The van der Waals surface area contributed by atoms with Crippen molar-refractivity contribution in [2.75, 3.05) is 6.54 Å². The molecule has 0 fully saturated rings. The van der Waals surface area contributed by atoms with Crippen molar-refractivity contribution < 1.29 is 18.3 Å². The number of sulfonamides is 1. The third kappa shape index (κ3) is 4.54. The zero-order chi connectivity index (χ0) is 16.2. The number of hydrogen-bond donors (Lipinski definition) is 2. The van der Waals surface area contributed by atoms with Crippen LogP contribution in [-0.2, 0) is 14.8 Å². The maximum Gasteiger partial charge on any atom is 0.303 e. The number of carboxylic acid groups (broad SMARTS) is 1. The largest absolute Gasteiger partial charge is 0.481 e. The van der Waals surface area contributed by atoms with E-state index in [2.05, 4.69) is 4.72 Å². The first-order valence-electron chi connectivity index (χ1n) is 6.95. The van der Waals surface area contributed by atoms with Crippen molar-refractivity contribution in [3.63, 3.8) is 0 Å². The normalized spacial score (nSPS) is 11.6. The molecule has 1 aromatic carbocycles. The standard InChI is InChI=1S/C15H23NO4S/c1-10-9-11(2)13(4)15(12(10)3)21(19,20)16-8-6-5-7-14(17)18/h9,16H,5-8H2,1-4H3,(H,17,18). The van der Waals surface area contributed by atoms with E-state index in [1.54, 1.807) is 13.8 Å². The van der Waals surface area contributed by atoms with E-state index in [0.29, 0.717) is 17.7 Å². The predicted octanol–water partition coefficient (Wildman–Crippen LogP) is 2.45. The molecule has 2 N–H and O–H groups in total. The monoisotopic (exact) mass is 313 g/mol. The third-order valence-corrected chi connectivity index (χ3v) is 5.41. The second-order valence-corrected chi connectivity index (χ2v) is 7.04. The fraction of sp³-hybridized carbons (Fsp3) is 0.533. The van der Waals surface area contributed by atoms with Gasteiger partial charge < -0.3 is 5.11 Å². The van der Waals surface area contributed by atoms with E-state index in [-0.39, 0.29) is 13.0 Å². The maximum absolute atomic E-state index is 12.4. The Balaban J connectivity index is 2.87.